The Morgan fingerprint density at radius 1 is 0.400 bits per heavy atom. The summed E-state index contributed by atoms with van der Waals surface area (Å²) in [6, 6.07) is 14.4. The van der Waals surface area contributed by atoms with Gasteiger partial charge in [0.1, 0.15) is 0 Å². The molecule has 0 spiro atoms. The Morgan fingerprint density at radius 3 is 1.07 bits per heavy atom. The van der Waals surface area contributed by atoms with Crippen molar-refractivity contribution in [3.05, 3.63) is 58.7 Å². The molecule has 256 valence electrons. The Bertz CT molecular complexity index is 1040. The first kappa shape index (κ1) is 41.3. The minimum Gasteiger partial charge on any atom is -0.252 e. The summed E-state index contributed by atoms with van der Waals surface area (Å²) in [7, 11) is 0. The molecule has 2 aromatic rings. The molecule has 0 amide bonds. The number of aliphatic imine (C=N–C) groups is 2. The van der Waals surface area contributed by atoms with E-state index in [2.05, 4.69) is 77.9 Å². The first-order valence-corrected chi connectivity index (χ1v) is 19.0. The number of nitrogens with zero attached hydrogens (tertiary/aromatic N) is 2. The molecule has 0 heterocycles. The molecule has 0 aliphatic carbocycles. The quantitative estimate of drug-likeness (QED) is 0.0576. The Morgan fingerprint density at radius 2 is 0.733 bits per heavy atom. The van der Waals surface area contributed by atoms with Crippen molar-refractivity contribution in [2.24, 2.45) is 9.98 Å². The maximum Gasteiger partial charge on any atom is 0.0639 e. The SMILES string of the molecule is CCCCCCC(=Nc1cc(CCCCC)cc(CCCCC)c1)C(CC)=Nc1cc(CCCCC)cc(CCCCC)c1.[Ni]. The van der Waals surface area contributed by atoms with E-state index in [0.29, 0.717) is 0 Å². The van der Waals surface area contributed by atoms with Crippen molar-refractivity contribution in [2.75, 3.05) is 0 Å². The molecule has 0 unspecified atom stereocenters. The van der Waals surface area contributed by atoms with Gasteiger partial charge in [0.15, 0.2) is 0 Å². The van der Waals surface area contributed by atoms with Gasteiger partial charge in [-0.15, -0.1) is 0 Å². The van der Waals surface area contributed by atoms with Crippen LogP contribution in [0.1, 0.15) is 179 Å². The van der Waals surface area contributed by atoms with E-state index >= 15 is 0 Å². The first-order valence-electron chi connectivity index (χ1n) is 19.0. The fourth-order valence-electron chi connectivity index (χ4n) is 6.15. The van der Waals surface area contributed by atoms with Crippen LogP contribution < -0.4 is 0 Å². The number of hydrogen-bond donors (Lipinski definition) is 0. The van der Waals surface area contributed by atoms with Crippen LogP contribution in [0.2, 0.25) is 0 Å². The number of unbranched alkanes of at least 4 members (excludes halogenated alkanes) is 11. The molecule has 0 aliphatic heterocycles. The van der Waals surface area contributed by atoms with Crippen molar-refractivity contribution in [3.8, 4) is 0 Å². The summed E-state index contributed by atoms with van der Waals surface area (Å²) in [5.41, 5.74) is 10.5. The second kappa shape index (κ2) is 26.4. The predicted molar refractivity (Wildman–Crippen MR) is 199 cm³/mol. The van der Waals surface area contributed by atoms with E-state index < -0.39 is 0 Å². The smallest absolute Gasteiger partial charge is 0.0639 e. The maximum atomic E-state index is 5.45. The Balaban J connectivity index is 0.0000101. The fraction of sp³-hybridized carbons (Fsp3) is 0.667. The van der Waals surface area contributed by atoms with Crippen LogP contribution >= 0.6 is 0 Å². The molecule has 0 saturated carbocycles. The summed E-state index contributed by atoms with van der Waals surface area (Å²) in [4.78, 5) is 10.9. The van der Waals surface area contributed by atoms with Gasteiger partial charge >= 0.3 is 0 Å². The van der Waals surface area contributed by atoms with Crippen LogP contribution in [0.25, 0.3) is 0 Å². The van der Waals surface area contributed by atoms with Gasteiger partial charge in [0, 0.05) is 16.5 Å². The summed E-state index contributed by atoms with van der Waals surface area (Å²) in [6.07, 6.45) is 26.8. The summed E-state index contributed by atoms with van der Waals surface area (Å²) in [5.74, 6) is 0. The van der Waals surface area contributed by atoms with Gasteiger partial charge in [-0.3, -0.25) is 9.98 Å². The van der Waals surface area contributed by atoms with Crippen molar-refractivity contribution in [2.45, 2.75) is 183 Å². The second-order valence-electron chi connectivity index (χ2n) is 13.1. The van der Waals surface area contributed by atoms with Gasteiger partial charge in [-0.05, 0) is 117 Å². The average Bonchev–Trinajstić information content (AvgIpc) is 3.02. The average molecular weight is 660 g/mol. The van der Waals surface area contributed by atoms with E-state index in [1.807, 2.05) is 0 Å². The van der Waals surface area contributed by atoms with Gasteiger partial charge in [-0.25, -0.2) is 0 Å². The van der Waals surface area contributed by atoms with Crippen molar-refractivity contribution in [3.63, 3.8) is 0 Å². The molecular weight excluding hydrogens is 591 g/mol. The number of hydrogen-bond acceptors (Lipinski definition) is 2. The summed E-state index contributed by atoms with van der Waals surface area (Å²) >= 11 is 0. The molecule has 2 rings (SSSR count). The molecule has 0 radical (unpaired) electrons. The fourth-order valence-corrected chi connectivity index (χ4v) is 6.15. The van der Waals surface area contributed by atoms with Gasteiger partial charge in [0.05, 0.1) is 22.8 Å². The molecular formula is C42H68N2Ni. The molecule has 2 nitrogen and oxygen atoms in total. The summed E-state index contributed by atoms with van der Waals surface area (Å²) < 4.78 is 0. The molecule has 0 N–H and O–H groups in total. The predicted octanol–water partition coefficient (Wildman–Crippen LogP) is 13.8. The van der Waals surface area contributed by atoms with Crippen LogP contribution in [-0.2, 0) is 42.2 Å². The monoisotopic (exact) mass is 658 g/mol. The summed E-state index contributed by atoms with van der Waals surface area (Å²) in [6.45, 7) is 13.7. The molecule has 3 heteroatoms. The molecule has 0 aliphatic rings. The minimum atomic E-state index is 0. The Labute approximate surface area is 289 Å². The van der Waals surface area contributed by atoms with Crippen molar-refractivity contribution in [1.29, 1.82) is 0 Å². The molecule has 0 atom stereocenters. The van der Waals surface area contributed by atoms with Crippen LogP contribution in [0.5, 0.6) is 0 Å². The van der Waals surface area contributed by atoms with Gasteiger partial charge in [-0.1, -0.05) is 124 Å². The Kier molecular flexibility index (Phi) is 24.2. The topological polar surface area (TPSA) is 24.7 Å². The third-order valence-corrected chi connectivity index (χ3v) is 8.81. The zero-order valence-electron chi connectivity index (χ0n) is 30.2. The van der Waals surface area contributed by atoms with Gasteiger partial charge < -0.3 is 0 Å². The van der Waals surface area contributed by atoms with Crippen molar-refractivity contribution >= 4 is 22.8 Å². The van der Waals surface area contributed by atoms with E-state index in [0.717, 1.165) is 49.9 Å². The van der Waals surface area contributed by atoms with Gasteiger partial charge in [0.25, 0.3) is 0 Å². The van der Waals surface area contributed by atoms with Gasteiger partial charge in [0.2, 0.25) is 0 Å². The number of aryl methyl sites for hydroxylation is 4. The van der Waals surface area contributed by atoms with Crippen LogP contribution in [0, 0.1) is 0 Å². The second-order valence-corrected chi connectivity index (χ2v) is 13.1. The zero-order valence-corrected chi connectivity index (χ0v) is 31.2. The Hall–Kier alpha value is -1.73. The summed E-state index contributed by atoms with van der Waals surface area (Å²) in [5, 5.41) is 0. The minimum absolute atomic E-state index is 0. The molecule has 0 saturated heterocycles. The van der Waals surface area contributed by atoms with E-state index in [1.54, 1.807) is 0 Å². The van der Waals surface area contributed by atoms with Crippen LogP contribution in [0.4, 0.5) is 11.4 Å². The van der Waals surface area contributed by atoms with Crippen molar-refractivity contribution < 1.29 is 16.5 Å². The molecule has 0 fully saturated rings. The van der Waals surface area contributed by atoms with E-state index in [-0.39, 0.29) is 16.5 Å². The zero-order chi connectivity index (χ0) is 31.8. The third kappa shape index (κ3) is 17.7. The van der Waals surface area contributed by atoms with Crippen molar-refractivity contribution in [1.82, 2.24) is 0 Å². The van der Waals surface area contributed by atoms with E-state index in [4.69, 9.17) is 9.98 Å². The largest absolute Gasteiger partial charge is 0.252 e. The van der Waals surface area contributed by atoms with E-state index in [1.165, 1.54) is 136 Å². The maximum absolute atomic E-state index is 5.45. The van der Waals surface area contributed by atoms with Crippen LogP contribution in [0.15, 0.2) is 46.4 Å². The van der Waals surface area contributed by atoms with Gasteiger partial charge in [-0.2, -0.15) is 0 Å². The molecule has 2 aromatic carbocycles. The molecule has 45 heavy (non-hydrogen) atoms. The van der Waals surface area contributed by atoms with Crippen LogP contribution in [-0.4, -0.2) is 11.4 Å². The standard InChI is InChI=1S/C42H68N2.Ni/c1-7-13-18-23-28-42(44-40-33-37(26-21-16-10-4)30-38(34-40)27-22-17-11-5)41(12-6)43-39-31-35(24-19-14-8-2)29-36(32-39)25-20-15-9-3;/h29-34H,7-28H2,1-6H3;. The number of benzene rings is 2. The first-order chi connectivity index (χ1) is 21.6. The molecule has 0 aromatic heterocycles. The third-order valence-electron chi connectivity index (χ3n) is 8.81. The number of rotatable bonds is 25. The van der Waals surface area contributed by atoms with E-state index in [9.17, 15) is 0 Å². The van der Waals surface area contributed by atoms with Crippen LogP contribution in [0.3, 0.4) is 0 Å². The molecule has 0 bridgehead atoms. The normalized spacial score (nSPS) is 12.0.